The maximum atomic E-state index is 14.1. The van der Waals surface area contributed by atoms with Gasteiger partial charge in [0, 0.05) is 5.39 Å². The Hall–Kier alpha value is -2.55. The molecule has 1 heterocycles. The standard InChI is InChI=1S/C24H31F3N2O4/c1-22(2,3)14-5-7-15(8-6-14)33-18-11-10-17-16(20(18)24(25,26)27)9-12-19(28-17)23(4,13-30)29-21(31)32/h9-12,14-15,29-30H,5-8,13H2,1-4H3,(H,31,32). The van der Waals surface area contributed by atoms with Crippen molar-refractivity contribution in [2.24, 2.45) is 11.3 Å². The van der Waals surface area contributed by atoms with E-state index in [0.717, 1.165) is 12.8 Å². The summed E-state index contributed by atoms with van der Waals surface area (Å²) in [4.78, 5) is 15.3. The molecule has 0 spiro atoms. The van der Waals surface area contributed by atoms with Crippen LogP contribution in [0.4, 0.5) is 18.0 Å². The molecule has 1 saturated carbocycles. The number of ether oxygens (including phenoxy) is 1. The zero-order valence-corrected chi connectivity index (χ0v) is 19.3. The van der Waals surface area contributed by atoms with Gasteiger partial charge >= 0.3 is 12.3 Å². The molecule has 1 atom stereocenters. The average molecular weight is 469 g/mol. The van der Waals surface area contributed by atoms with Crippen LogP contribution in [0.1, 0.15) is 64.6 Å². The van der Waals surface area contributed by atoms with Gasteiger partial charge in [-0.3, -0.25) is 4.98 Å². The monoisotopic (exact) mass is 468 g/mol. The minimum Gasteiger partial charge on any atom is -0.490 e. The van der Waals surface area contributed by atoms with Crippen LogP contribution in [-0.2, 0) is 11.7 Å². The molecular weight excluding hydrogens is 437 g/mol. The molecule has 9 heteroatoms. The van der Waals surface area contributed by atoms with Crippen LogP contribution in [0.2, 0.25) is 0 Å². The molecule has 1 amide bonds. The molecule has 0 radical (unpaired) electrons. The molecule has 1 aliphatic rings. The lowest BCUT2D eigenvalue weighted by Crippen LogP contribution is -2.46. The van der Waals surface area contributed by atoms with Crippen LogP contribution in [0.15, 0.2) is 24.3 Å². The highest BCUT2D eigenvalue weighted by Crippen LogP contribution is 2.44. The van der Waals surface area contributed by atoms with E-state index in [4.69, 9.17) is 9.84 Å². The Bertz CT molecular complexity index is 1010. The molecule has 1 unspecified atom stereocenters. The van der Waals surface area contributed by atoms with E-state index in [0.29, 0.717) is 18.8 Å². The lowest BCUT2D eigenvalue weighted by Gasteiger charge is -2.37. The van der Waals surface area contributed by atoms with Crippen LogP contribution in [-0.4, -0.2) is 34.0 Å². The number of carboxylic acid groups (broad SMARTS) is 1. The van der Waals surface area contributed by atoms with E-state index in [-0.39, 0.29) is 33.9 Å². The fraction of sp³-hybridized carbons (Fsp3) is 0.583. The first kappa shape index (κ1) is 25.1. The van der Waals surface area contributed by atoms with E-state index < -0.39 is 30.0 Å². The van der Waals surface area contributed by atoms with Gasteiger partial charge in [-0.2, -0.15) is 13.2 Å². The number of hydrogen-bond donors (Lipinski definition) is 3. The van der Waals surface area contributed by atoms with Gasteiger partial charge in [0.1, 0.15) is 16.9 Å². The van der Waals surface area contributed by atoms with Gasteiger partial charge in [-0.05, 0) is 62.1 Å². The van der Waals surface area contributed by atoms with Gasteiger partial charge in [-0.25, -0.2) is 4.79 Å². The molecule has 0 bridgehead atoms. The lowest BCUT2D eigenvalue weighted by molar-refractivity contribution is -0.138. The Morgan fingerprint density at radius 2 is 1.73 bits per heavy atom. The van der Waals surface area contributed by atoms with Gasteiger partial charge in [-0.15, -0.1) is 0 Å². The summed E-state index contributed by atoms with van der Waals surface area (Å²) >= 11 is 0. The molecule has 3 rings (SSSR count). The molecule has 33 heavy (non-hydrogen) atoms. The number of hydrogen-bond acceptors (Lipinski definition) is 4. The number of nitrogens with zero attached hydrogens (tertiary/aromatic N) is 1. The molecule has 2 aromatic rings. The lowest BCUT2D eigenvalue weighted by atomic mass is 9.72. The summed E-state index contributed by atoms with van der Waals surface area (Å²) in [6, 6.07) is 5.25. The minimum absolute atomic E-state index is 0.0375. The van der Waals surface area contributed by atoms with Crippen molar-refractivity contribution < 1.29 is 32.9 Å². The Morgan fingerprint density at radius 3 is 2.24 bits per heavy atom. The van der Waals surface area contributed by atoms with E-state index in [1.54, 1.807) is 0 Å². The number of aliphatic hydroxyl groups excluding tert-OH is 1. The largest absolute Gasteiger partial charge is 0.490 e. The second-order valence-corrected chi connectivity index (χ2v) is 10.1. The number of pyridine rings is 1. The van der Waals surface area contributed by atoms with Gasteiger partial charge < -0.3 is 20.3 Å². The minimum atomic E-state index is -4.67. The van der Waals surface area contributed by atoms with E-state index in [1.807, 2.05) is 0 Å². The van der Waals surface area contributed by atoms with E-state index in [9.17, 15) is 23.1 Å². The number of amides is 1. The maximum Gasteiger partial charge on any atom is 0.420 e. The fourth-order valence-corrected chi connectivity index (χ4v) is 4.53. The molecule has 1 fully saturated rings. The maximum absolute atomic E-state index is 14.1. The highest BCUT2D eigenvalue weighted by molar-refractivity contribution is 5.85. The van der Waals surface area contributed by atoms with Crippen molar-refractivity contribution in [1.29, 1.82) is 0 Å². The van der Waals surface area contributed by atoms with Gasteiger partial charge in [0.15, 0.2) is 0 Å². The number of fused-ring (bicyclic) bond motifs is 1. The fourth-order valence-electron chi connectivity index (χ4n) is 4.53. The number of benzene rings is 1. The van der Waals surface area contributed by atoms with E-state index in [1.165, 1.54) is 31.2 Å². The zero-order chi connectivity index (χ0) is 24.6. The predicted octanol–water partition coefficient (Wildman–Crippen LogP) is 5.71. The number of aliphatic hydroxyl groups is 1. The molecule has 3 N–H and O–H groups in total. The van der Waals surface area contributed by atoms with Crippen molar-refractivity contribution in [3.63, 3.8) is 0 Å². The first-order valence-electron chi connectivity index (χ1n) is 11.0. The van der Waals surface area contributed by atoms with Crippen molar-refractivity contribution in [2.75, 3.05) is 6.61 Å². The summed E-state index contributed by atoms with van der Waals surface area (Å²) < 4.78 is 48.1. The van der Waals surface area contributed by atoms with E-state index in [2.05, 4.69) is 31.1 Å². The van der Waals surface area contributed by atoms with Crippen LogP contribution in [0.5, 0.6) is 5.75 Å². The summed E-state index contributed by atoms with van der Waals surface area (Å²) in [6.45, 7) is 7.34. The molecule has 1 aromatic carbocycles. The summed E-state index contributed by atoms with van der Waals surface area (Å²) in [6.07, 6.45) is -3.12. The van der Waals surface area contributed by atoms with Crippen molar-refractivity contribution in [1.82, 2.24) is 10.3 Å². The van der Waals surface area contributed by atoms with Crippen LogP contribution in [0.25, 0.3) is 10.9 Å². The number of nitrogens with one attached hydrogen (secondary N) is 1. The van der Waals surface area contributed by atoms with Crippen molar-refractivity contribution in [2.45, 2.75) is 71.2 Å². The third kappa shape index (κ3) is 5.51. The normalized spacial score (nSPS) is 21.5. The van der Waals surface area contributed by atoms with Crippen molar-refractivity contribution in [3.8, 4) is 5.75 Å². The number of aromatic nitrogens is 1. The van der Waals surface area contributed by atoms with E-state index >= 15 is 0 Å². The predicted molar refractivity (Wildman–Crippen MR) is 118 cm³/mol. The summed E-state index contributed by atoms with van der Waals surface area (Å²) in [5, 5.41) is 20.7. The van der Waals surface area contributed by atoms with Crippen molar-refractivity contribution >= 4 is 17.0 Å². The van der Waals surface area contributed by atoms with Crippen LogP contribution in [0.3, 0.4) is 0 Å². The first-order valence-corrected chi connectivity index (χ1v) is 11.0. The number of halogens is 3. The first-order chi connectivity index (χ1) is 15.2. The van der Waals surface area contributed by atoms with Crippen LogP contribution in [0, 0.1) is 11.3 Å². The Kier molecular flexibility index (Phi) is 6.84. The third-order valence-electron chi connectivity index (χ3n) is 6.57. The van der Waals surface area contributed by atoms with Crippen LogP contribution >= 0.6 is 0 Å². The highest BCUT2D eigenvalue weighted by Gasteiger charge is 2.39. The smallest absolute Gasteiger partial charge is 0.420 e. The molecule has 182 valence electrons. The molecule has 0 saturated heterocycles. The van der Waals surface area contributed by atoms with Gasteiger partial charge in [0.2, 0.25) is 0 Å². The number of rotatable bonds is 5. The Balaban J connectivity index is 1.95. The van der Waals surface area contributed by atoms with Gasteiger partial charge in [-0.1, -0.05) is 26.8 Å². The second-order valence-electron chi connectivity index (χ2n) is 10.1. The summed E-state index contributed by atoms with van der Waals surface area (Å²) in [5.41, 5.74) is -2.04. The highest BCUT2D eigenvalue weighted by atomic mass is 19.4. The van der Waals surface area contributed by atoms with Crippen LogP contribution < -0.4 is 10.1 Å². The molecule has 0 aliphatic heterocycles. The SMILES string of the molecule is CC(CO)(NC(=O)O)c1ccc2c(C(F)(F)F)c(OC3CCC(C(C)(C)C)CC3)ccc2n1. The topological polar surface area (TPSA) is 91.7 Å². The summed E-state index contributed by atoms with van der Waals surface area (Å²) in [7, 11) is 0. The average Bonchev–Trinajstić information content (AvgIpc) is 2.71. The summed E-state index contributed by atoms with van der Waals surface area (Å²) in [5.74, 6) is 0.288. The Morgan fingerprint density at radius 1 is 1.09 bits per heavy atom. The van der Waals surface area contributed by atoms with Gasteiger partial charge in [0.05, 0.1) is 23.9 Å². The molecule has 1 aliphatic carbocycles. The quantitative estimate of drug-likeness (QED) is 0.523. The molecule has 1 aromatic heterocycles. The number of alkyl halides is 3. The zero-order valence-electron chi connectivity index (χ0n) is 19.3. The molecular formula is C24H31F3N2O4. The molecule has 6 nitrogen and oxygen atoms in total. The van der Waals surface area contributed by atoms with Gasteiger partial charge in [0.25, 0.3) is 0 Å². The second kappa shape index (κ2) is 9.00. The number of carbonyl (C=O) groups is 1. The Labute approximate surface area is 191 Å². The third-order valence-corrected chi connectivity index (χ3v) is 6.57. The van der Waals surface area contributed by atoms with Crippen molar-refractivity contribution in [3.05, 3.63) is 35.5 Å².